The zero-order chi connectivity index (χ0) is 16.5. The van der Waals surface area contributed by atoms with Crippen LogP contribution < -0.4 is 4.90 Å². The minimum absolute atomic E-state index is 0.161. The van der Waals surface area contributed by atoms with E-state index < -0.39 is 0 Å². The summed E-state index contributed by atoms with van der Waals surface area (Å²) >= 11 is 0. The quantitative estimate of drug-likeness (QED) is 0.813. The van der Waals surface area contributed by atoms with Gasteiger partial charge in [0.1, 0.15) is 0 Å². The van der Waals surface area contributed by atoms with Crippen LogP contribution in [0.1, 0.15) is 37.4 Å². The van der Waals surface area contributed by atoms with Gasteiger partial charge in [0, 0.05) is 64.9 Å². The Hall–Kier alpha value is -1.69. The molecule has 1 saturated heterocycles. The molecule has 1 aromatic rings. The monoisotopic (exact) mass is 329 g/mol. The SMILES string of the molecule is CC(=O)N1CCN(c2ncc3c(n2)CCN(C2CCC2)CC3)CC1. The minimum atomic E-state index is 0.161. The molecule has 1 saturated carbocycles. The predicted molar refractivity (Wildman–Crippen MR) is 93.1 cm³/mol. The first-order chi connectivity index (χ1) is 11.7. The molecule has 0 bridgehead atoms. The van der Waals surface area contributed by atoms with Gasteiger partial charge in [-0.1, -0.05) is 6.42 Å². The summed E-state index contributed by atoms with van der Waals surface area (Å²) in [5.41, 5.74) is 2.55. The molecule has 6 heteroatoms. The van der Waals surface area contributed by atoms with Gasteiger partial charge >= 0.3 is 0 Å². The summed E-state index contributed by atoms with van der Waals surface area (Å²) in [7, 11) is 0. The zero-order valence-corrected chi connectivity index (χ0v) is 14.6. The molecule has 2 fully saturated rings. The van der Waals surface area contributed by atoms with Crippen molar-refractivity contribution in [2.45, 2.75) is 45.1 Å². The van der Waals surface area contributed by atoms with Gasteiger partial charge < -0.3 is 9.80 Å². The maximum atomic E-state index is 11.5. The Kier molecular flexibility index (Phi) is 4.39. The van der Waals surface area contributed by atoms with Crippen LogP contribution in [-0.2, 0) is 17.6 Å². The van der Waals surface area contributed by atoms with Gasteiger partial charge in [0.05, 0.1) is 5.69 Å². The van der Waals surface area contributed by atoms with Gasteiger partial charge in [0.15, 0.2) is 0 Å². The molecule has 0 radical (unpaired) electrons. The van der Waals surface area contributed by atoms with Crippen molar-refractivity contribution in [1.82, 2.24) is 19.8 Å². The number of fused-ring (bicyclic) bond motifs is 1. The summed E-state index contributed by atoms with van der Waals surface area (Å²) in [6.45, 7) is 7.11. The van der Waals surface area contributed by atoms with Gasteiger partial charge in [-0.3, -0.25) is 9.69 Å². The van der Waals surface area contributed by atoms with E-state index in [1.54, 1.807) is 6.92 Å². The second-order valence-corrected chi connectivity index (χ2v) is 7.26. The van der Waals surface area contributed by atoms with Crippen molar-refractivity contribution in [2.75, 3.05) is 44.2 Å². The Bertz CT molecular complexity index is 607. The Balaban J connectivity index is 1.43. The first-order valence-electron chi connectivity index (χ1n) is 9.30. The van der Waals surface area contributed by atoms with Crippen molar-refractivity contribution in [2.24, 2.45) is 0 Å². The van der Waals surface area contributed by atoms with Gasteiger partial charge in [-0.25, -0.2) is 9.97 Å². The van der Waals surface area contributed by atoms with Crippen molar-refractivity contribution in [3.05, 3.63) is 17.5 Å². The van der Waals surface area contributed by atoms with E-state index in [1.165, 1.54) is 30.5 Å². The molecular weight excluding hydrogens is 302 g/mol. The number of piperazine rings is 1. The highest BCUT2D eigenvalue weighted by Crippen LogP contribution is 2.27. The number of amides is 1. The summed E-state index contributed by atoms with van der Waals surface area (Å²) in [4.78, 5) is 27.7. The molecule has 0 spiro atoms. The van der Waals surface area contributed by atoms with Crippen molar-refractivity contribution in [3.8, 4) is 0 Å². The van der Waals surface area contributed by atoms with E-state index in [0.29, 0.717) is 0 Å². The van der Waals surface area contributed by atoms with Crippen LogP contribution in [0.25, 0.3) is 0 Å². The summed E-state index contributed by atoms with van der Waals surface area (Å²) in [6.07, 6.45) is 8.28. The number of rotatable bonds is 2. The first-order valence-corrected chi connectivity index (χ1v) is 9.30. The number of carbonyl (C=O) groups is 1. The van der Waals surface area contributed by atoms with Gasteiger partial charge in [0.2, 0.25) is 11.9 Å². The summed E-state index contributed by atoms with van der Waals surface area (Å²) in [6, 6.07) is 0.811. The third kappa shape index (κ3) is 3.11. The molecular formula is C18H27N5O. The normalized spacial score (nSPS) is 22.7. The highest BCUT2D eigenvalue weighted by molar-refractivity contribution is 5.73. The highest BCUT2D eigenvalue weighted by Gasteiger charge is 2.27. The number of aromatic nitrogens is 2. The smallest absolute Gasteiger partial charge is 0.225 e. The highest BCUT2D eigenvalue weighted by atomic mass is 16.2. The molecule has 130 valence electrons. The molecule has 0 atom stereocenters. The number of hydrogen-bond acceptors (Lipinski definition) is 5. The molecule has 0 N–H and O–H groups in total. The number of nitrogens with zero attached hydrogens (tertiary/aromatic N) is 5. The average molecular weight is 329 g/mol. The summed E-state index contributed by atoms with van der Waals surface area (Å²) in [5, 5.41) is 0. The van der Waals surface area contributed by atoms with Crippen molar-refractivity contribution in [3.63, 3.8) is 0 Å². The van der Waals surface area contributed by atoms with E-state index in [-0.39, 0.29) is 5.91 Å². The van der Waals surface area contributed by atoms with Gasteiger partial charge in [0.25, 0.3) is 0 Å². The second-order valence-electron chi connectivity index (χ2n) is 7.26. The molecule has 0 unspecified atom stereocenters. The van der Waals surface area contributed by atoms with Crippen LogP contribution in [0.2, 0.25) is 0 Å². The topological polar surface area (TPSA) is 52.6 Å². The molecule has 4 rings (SSSR count). The molecule has 0 aromatic carbocycles. The average Bonchev–Trinajstić information content (AvgIpc) is 2.76. The lowest BCUT2D eigenvalue weighted by atomic mass is 9.91. The van der Waals surface area contributed by atoms with Crippen LogP contribution in [0.15, 0.2) is 6.20 Å². The van der Waals surface area contributed by atoms with E-state index in [9.17, 15) is 4.79 Å². The summed E-state index contributed by atoms with van der Waals surface area (Å²) < 4.78 is 0. The Morgan fingerprint density at radius 1 is 1.08 bits per heavy atom. The largest absolute Gasteiger partial charge is 0.339 e. The molecule has 3 heterocycles. The maximum absolute atomic E-state index is 11.5. The number of anilines is 1. The molecule has 3 aliphatic rings. The second kappa shape index (κ2) is 6.67. The van der Waals surface area contributed by atoms with Crippen LogP contribution in [0, 0.1) is 0 Å². The number of hydrogen-bond donors (Lipinski definition) is 0. The van der Waals surface area contributed by atoms with E-state index >= 15 is 0 Å². The van der Waals surface area contributed by atoms with E-state index in [2.05, 4.69) is 14.8 Å². The number of carbonyl (C=O) groups excluding carboxylic acids is 1. The van der Waals surface area contributed by atoms with E-state index in [0.717, 1.165) is 64.1 Å². The van der Waals surface area contributed by atoms with Crippen molar-refractivity contribution in [1.29, 1.82) is 0 Å². The summed E-state index contributed by atoms with van der Waals surface area (Å²) in [5.74, 6) is 1.00. The van der Waals surface area contributed by atoms with Crippen LogP contribution in [0.4, 0.5) is 5.95 Å². The molecule has 6 nitrogen and oxygen atoms in total. The van der Waals surface area contributed by atoms with Gasteiger partial charge in [-0.05, 0) is 24.8 Å². The van der Waals surface area contributed by atoms with Gasteiger partial charge in [-0.15, -0.1) is 0 Å². The first kappa shape index (κ1) is 15.8. The minimum Gasteiger partial charge on any atom is -0.339 e. The molecule has 1 amide bonds. The van der Waals surface area contributed by atoms with Crippen LogP contribution in [0.5, 0.6) is 0 Å². The predicted octanol–water partition coefficient (Wildman–Crippen LogP) is 1.10. The zero-order valence-electron chi connectivity index (χ0n) is 14.6. The maximum Gasteiger partial charge on any atom is 0.225 e. The van der Waals surface area contributed by atoms with E-state index in [1.807, 2.05) is 11.1 Å². The molecule has 24 heavy (non-hydrogen) atoms. The fraction of sp³-hybridized carbons (Fsp3) is 0.722. The Morgan fingerprint density at radius 3 is 2.50 bits per heavy atom. The third-order valence-electron chi connectivity index (χ3n) is 5.84. The van der Waals surface area contributed by atoms with Crippen LogP contribution >= 0.6 is 0 Å². The standard InChI is InChI=1S/C18H27N5O/c1-14(24)21-9-11-23(12-10-21)18-19-13-15-5-7-22(16-3-2-4-16)8-6-17(15)20-18/h13,16H,2-12H2,1H3. The van der Waals surface area contributed by atoms with Crippen molar-refractivity contribution < 1.29 is 4.79 Å². The fourth-order valence-electron chi connectivity index (χ4n) is 3.97. The third-order valence-corrected chi connectivity index (χ3v) is 5.84. The van der Waals surface area contributed by atoms with Crippen molar-refractivity contribution >= 4 is 11.9 Å². The molecule has 1 aliphatic carbocycles. The van der Waals surface area contributed by atoms with E-state index in [4.69, 9.17) is 4.98 Å². The molecule has 1 aromatic heterocycles. The fourth-order valence-corrected chi connectivity index (χ4v) is 3.97. The Morgan fingerprint density at radius 2 is 1.83 bits per heavy atom. The molecule has 2 aliphatic heterocycles. The lowest BCUT2D eigenvalue weighted by molar-refractivity contribution is -0.129. The van der Waals surface area contributed by atoms with Crippen LogP contribution in [0.3, 0.4) is 0 Å². The van der Waals surface area contributed by atoms with Gasteiger partial charge in [-0.2, -0.15) is 0 Å². The van der Waals surface area contributed by atoms with Crippen LogP contribution in [-0.4, -0.2) is 71.0 Å². The lowest BCUT2D eigenvalue weighted by Gasteiger charge is -2.36. The lowest BCUT2D eigenvalue weighted by Crippen LogP contribution is -2.48. The Labute approximate surface area is 143 Å².